The first kappa shape index (κ1) is 15.6. The number of rotatable bonds is 5. The van der Waals surface area contributed by atoms with Crippen molar-refractivity contribution in [1.82, 2.24) is 4.72 Å². The van der Waals surface area contributed by atoms with E-state index in [1.165, 1.54) is 0 Å². The maximum absolute atomic E-state index is 11.9. The molecule has 0 fully saturated rings. The Morgan fingerprint density at radius 1 is 1.61 bits per heavy atom. The second-order valence-corrected chi connectivity index (χ2v) is 7.97. The smallest absolute Gasteiger partial charge is 0.336 e. The Labute approximate surface area is 117 Å². The van der Waals surface area contributed by atoms with Crippen LogP contribution >= 0.6 is 27.3 Å². The number of aliphatic hydroxyl groups is 1. The van der Waals surface area contributed by atoms with Crippen molar-refractivity contribution in [3.63, 3.8) is 0 Å². The molecule has 0 radical (unpaired) electrons. The van der Waals surface area contributed by atoms with Crippen molar-refractivity contribution in [3.8, 4) is 0 Å². The molecule has 0 aliphatic rings. The van der Waals surface area contributed by atoms with Crippen molar-refractivity contribution in [1.29, 1.82) is 0 Å². The van der Waals surface area contributed by atoms with Crippen LogP contribution in [0.3, 0.4) is 0 Å². The summed E-state index contributed by atoms with van der Waals surface area (Å²) < 4.78 is 26.3. The van der Waals surface area contributed by atoms with Crippen LogP contribution in [-0.4, -0.2) is 36.7 Å². The number of carboxylic acid groups (broad SMARTS) is 1. The van der Waals surface area contributed by atoms with Gasteiger partial charge in [0.2, 0.25) is 0 Å². The highest BCUT2D eigenvalue weighted by Crippen LogP contribution is 2.30. The average Bonchev–Trinajstić information content (AvgIpc) is 2.56. The summed E-state index contributed by atoms with van der Waals surface area (Å²) in [7, 11) is -3.84. The summed E-state index contributed by atoms with van der Waals surface area (Å²) in [6, 6.07) is 1.65. The van der Waals surface area contributed by atoms with Gasteiger partial charge in [-0.05, 0) is 35.8 Å². The SMILES string of the molecule is Cc1cc(Br)c(S(=O)(=O)NCC(C)(O)C(=O)O)s1. The van der Waals surface area contributed by atoms with Gasteiger partial charge in [0.05, 0.1) is 6.54 Å². The summed E-state index contributed by atoms with van der Waals surface area (Å²) in [6.07, 6.45) is 0. The van der Waals surface area contributed by atoms with Crippen molar-refractivity contribution in [2.75, 3.05) is 6.54 Å². The zero-order valence-corrected chi connectivity index (χ0v) is 12.8. The third-order valence-electron chi connectivity index (χ3n) is 2.09. The lowest BCUT2D eigenvalue weighted by Gasteiger charge is -2.17. The summed E-state index contributed by atoms with van der Waals surface area (Å²) in [5.41, 5.74) is -2.15. The largest absolute Gasteiger partial charge is 0.479 e. The fraction of sp³-hybridized carbons (Fsp3) is 0.444. The molecule has 0 spiro atoms. The molecule has 1 aromatic heterocycles. The van der Waals surface area contributed by atoms with Crippen LogP contribution in [0.1, 0.15) is 11.8 Å². The van der Waals surface area contributed by atoms with Gasteiger partial charge in [0.25, 0.3) is 10.0 Å². The number of aryl methyl sites for hydroxylation is 1. The highest BCUT2D eigenvalue weighted by Gasteiger charge is 2.32. The molecule has 0 aromatic carbocycles. The zero-order chi connectivity index (χ0) is 14.1. The Kier molecular flexibility index (Phi) is 4.55. The highest BCUT2D eigenvalue weighted by molar-refractivity contribution is 9.10. The van der Waals surface area contributed by atoms with E-state index in [1.807, 2.05) is 0 Å². The molecule has 1 rings (SSSR count). The lowest BCUT2D eigenvalue weighted by Crippen LogP contribution is -2.46. The number of hydrogen-bond donors (Lipinski definition) is 3. The van der Waals surface area contributed by atoms with E-state index in [0.717, 1.165) is 23.1 Å². The van der Waals surface area contributed by atoms with Crippen LogP contribution in [0.2, 0.25) is 0 Å². The van der Waals surface area contributed by atoms with Gasteiger partial charge in [-0.3, -0.25) is 0 Å². The second-order valence-electron chi connectivity index (χ2n) is 3.90. The first-order valence-corrected chi connectivity index (χ1v) is 7.87. The maximum atomic E-state index is 11.9. The molecule has 18 heavy (non-hydrogen) atoms. The number of thiophene rings is 1. The predicted octanol–water partition coefficient (Wildman–Crippen LogP) is 0.933. The van der Waals surface area contributed by atoms with Crippen molar-refractivity contribution in [2.24, 2.45) is 0 Å². The van der Waals surface area contributed by atoms with E-state index in [0.29, 0.717) is 4.47 Å². The summed E-state index contributed by atoms with van der Waals surface area (Å²) >= 11 is 4.17. The molecule has 3 N–H and O–H groups in total. The topological polar surface area (TPSA) is 104 Å². The van der Waals surface area contributed by atoms with Gasteiger partial charge in [0.1, 0.15) is 4.21 Å². The van der Waals surface area contributed by atoms with E-state index in [1.54, 1.807) is 13.0 Å². The summed E-state index contributed by atoms with van der Waals surface area (Å²) in [6.45, 7) is 2.17. The summed E-state index contributed by atoms with van der Waals surface area (Å²) in [4.78, 5) is 11.5. The minimum Gasteiger partial charge on any atom is -0.479 e. The van der Waals surface area contributed by atoms with Crippen LogP contribution in [0, 0.1) is 6.92 Å². The van der Waals surface area contributed by atoms with Crippen molar-refractivity contribution in [2.45, 2.75) is 23.7 Å². The van der Waals surface area contributed by atoms with Gasteiger partial charge in [-0.25, -0.2) is 17.9 Å². The minimum absolute atomic E-state index is 0.0567. The van der Waals surface area contributed by atoms with Crippen LogP contribution in [-0.2, 0) is 14.8 Å². The number of halogens is 1. The van der Waals surface area contributed by atoms with Gasteiger partial charge < -0.3 is 10.2 Å². The molecule has 0 aliphatic heterocycles. The van der Waals surface area contributed by atoms with Crippen molar-refractivity contribution in [3.05, 3.63) is 15.4 Å². The molecule has 102 valence electrons. The third kappa shape index (κ3) is 3.51. The average molecular weight is 358 g/mol. The zero-order valence-electron chi connectivity index (χ0n) is 9.60. The van der Waals surface area contributed by atoms with E-state index in [9.17, 15) is 18.3 Å². The molecular weight excluding hydrogens is 346 g/mol. The molecule has 0 saturated carbocycles. The Hall–Kier alpha value is -0.480. The van der Waals surface area contributed by atoms with Crippen molar-refractivity contribution < 1.29 is 23.4 Å². The molecule has 1 atom stereocenters. The quantitative estimate of drug-likeness (QED) is 0.727. The number of sulfonamides is 1. The van der Waals surface area contributed by atoms with Crippen LogP contribution in [0.25, 0.3) is 0 Å². The Bertz CT molecular complexity index is 564. The molecule has 1 aromatic rings. The van der Waals surface area contributed by atoms with Crippen molar-refractivity contribution >= 4 is 43.3 Å². The molecule has 1 heterocycles. The lowest BCUT2D eigenvalue weighted by molar-refractivity contribution is -0.155. The van der Waals surface area contributed by atoms with E-state index in [-0.39, 0.29) is 4.21 Å². The van der Waals surface area contributed by atoms with Gasteiger partial charge in [0, 0.05) is 9.35 Å². The number of hydrogen-bond acceptors (Lipinski definition) is 5. The minimum atomic E-state index is -3.84. The molecule has 0 amide bonds. The van der Waals surface area contributed by atoms with Gasteiger partial charge >= 0.3 is 5.97 Å². The van der Waals surface area contributed by atoms with Gasteiger partial charge in [-0.1, -0.05) is 0 Å². The fourth-order valence-corrected chi connectivity index (χ4v) is 4.95. The number of aliphatic carboxylic acids is 1. The first-order chi connectivity index (χ1) is 8.06. The van der Waals surface area contributed by atoms with E-state index >= 15 is 0 Å². The fourth-order valence-electron chi connectivity index (χ4n) is 1.02. The van der Waals surface area contributed by atoms with Gasteiger partial charge in [0.15, 0.2) is 5.60 Å². The first-order valence-electron chi connectivity index (χ1n) is 4.77. The summed E-state index contributed by atoms with van der Waals surface area (Å²) in [5, 5.41) is 18.1. The number of carboxylic acids is 1. The van der Waals surface area contributed by atoms with Crippen LogP contribution in [0.15, 0.2) is 14.7 Å². The molecule has 1 unspecified atom stereocenters. The van der Waals surface area contributed by atoms with Crippen LogP contribution in [0.5, 0.6) is 0 Å². The van der Waals surface area contributed by atoms with Crippen LogP contribution < -0.4 is 4.72 Å². The Balaban J connectivity index is 2.91. The Morgan fingerprint density at radius 2 is 2.17 bits per heavy atom. The Morgan fingerprint density at radius 3 is 2.56 bits per heavy atom. The molecule has 9 heteroatoms. The third-order valence-corrected chi connectivity index (χ3v) is 6.23. The molecular formula is C9H12BrNO5S2. The van der Waals surface area contributed by atoms with E-state index in [2.05, 4.69) is 20.7 Å². The van der Waals surface area contributed by atoms with Crippen LogP contribution in [0.4, 0.5) is 0 Å². The van der Waals surface area contributed by atoms with Gasteiger partial charge in [-0.2, -0.15) is 0 Å². The standard InChI is InChI=1S/C9H12BrNO5S2/c1-5-3-6(10)7(17-5)18(15,16)11-4-9(2,14)8(12)13/h3,11,14H,4H2,1-2H3,(H,12,13). The second kappa shape index (κ2) is 5.25. The molecule has 6 nitrogen and oxygen atoms in total. The normalized spacial score (nSPS) is 15.3. The maximum Gasteiger partial charge on any atom is 0.336 e. The van der Waals surface area contributed by atoms with Gasteiger partial charge in [-0.15, -0.1) is 11.3 Å². The predicted molar refractivity (Wildman–Crippen MR) is 70.2 cm³/mol. The molecule has 0 saturated heterocycles. The number of carbonyl (C=O) groups is 1. The van der Waals surface area contributed by atoms with E-state index in [4.69, 9.17) is 5.11 Å². The monoisotopic (exact) mass is 357 g/mol. The highest BCUT2D eigenvalue weighted by atomic mass is 79.9. The lowest BCUT2D eigenvalue weighted by atomic mass is 10.1. The van der Waals surface area contributed by atoms with E-state index < -0.39 is 28.1 Å². The number of nitrogens with one attached hydrogen (secondary N) is 1. The summed E-state index contributed by atoms with van der Waals surface area (Å²) in [5.74, 6) is -1.49. The molecule has 0 aliphatic carbocycles. The molecule has 0 bridgehead atoms.